The van der Waals surface area contributed by atoms with Gasteiger partial charge in [0.25, 0.3) is 0 Å². The number of fused-ring (bicyclic) bond motifs is 1. The van der Waals surface area contributed by atoms with Crippen LogP contribution in [-0.4, -0.2) is 11.2 Å². The third kappa shape index (κ3) is 1.44. The van der Waals surface area contributed by atoms with Gasteiger partial charge < -0.3 is 5.11 Å². The third-order valence-electron chi connectivity index (χ3n) is 3.36. The van der Waals surface area contributed by atoms with Crippen molar-refractivity contribution in [1.29, 1.82) is 0 Å². The minimum Gasteiger partial charge on any atom is -0.392 e. The van der Waals surface area contributed by atoms with Crippen molar-refractivity contribution in [1.82, 2.24) is 0 Å². The molecule has 2 atom stereocenters. The molecule has 3 rings (SSSR count). The molecule has 0 heterocycles. The zero-order valence-electron chi connectivity index (χ0n) is 9.01. The van der Waals surface area contributed by atoms with Gasteiger partial charge in [0.15, 0.2) is 0 Å². The summed E-state index contributed by atoms with van der Waals surface area (Å²) in [5.74, 6) is 0.150. The van der Waals surface area contributed by atoms with Crippen LogP contribution in [0.3, 0.4) is 0 Å². The van der Waals surface area contributed by atoms with Crippen molar-refractivity contribution >= 4 is 0 Å². The van der Waals surface area contributed by atoms with Gasteiger partial charge in [0.05, 0.1) is 6.10 Å². The maximum atomic E-state index is 10.2. The standard InChI is InChI=1S/C15H14O/c16-14-10-12-8-4-5-9-13(12)15(14)11-6-2-1-3-7-11/h1-9,14-16H,10H2/t14-,15+/m0/s1. The highest BCUT2D eigenvalue weighted by Crippen LogP contribution is 2.37. The van der Waals surface area contributed by atoms with Crippen LogP contribution in [0.4, 0.5) is 0 Å². The Bertz CT molecular complexity index is 490. The molecular weight excluding hydrogens is 196 g/mol. The normalized spacial score (nSPS) is 23.1. The molecule has 0 spiro atoms. The van der Waals surface area contributed by atoms with E-state index in [0.717, 1.165) is 6.42 Å². The maximum Gasteiger partial charge on any atom is 0.0689 e. The summed E-state index contributed by atoms with van der Waals surface area (Å²) in [4.78, 5) is 0. The first-order valence-corrected chi connectivity index (χ1v) is 5.67. The van der Waals surface area contributed by atoms with Crippen LogP contribution in [0.15, 0.2) is 54.6 Å². The molecule has 0 saturated carbocycles. The van der Waals surface area contributed by atoms with Gasteiger partial charge in [0.1, 0.15) is 0 Å². The molecule has 1 nitrogen and oxygen atoms in total. The predicted molar refractivity (Wildman–Crippen MR) is 64.4 cm³/mol. The van der Waals surface area contributed by atoms with E-state index in [-0.39, 0.29) is 12.0 Å². The summed E-state index contributed by atoms with van der Waals surface area (Å²) in [7, 11) is 0. The number of aliphatic hydroxyl groups excluding tert-OH is 1. The smallest absolute Gasteiger partial charge is 0.0689 e. The molecule has 1 N–H and O–H groups in total. The second kappa shape index (κ2) is 3.76. The molecule has 2 aromatic carbocycles. The van der Waals surface area contributed by atoms with Crippen molar-refractivity contribution in [3.63, 3.8) is 0 Å². The molecule has 0 bridgehead atoms. The topological polar surface area (TPSA) is 20.2 Å². The second-order valence-electron chi connectivity index (χ2n) is 4.36. The highest BCUT2D eigenvalue weighted by atomic mass is 16.3. The van der Waals surface area contributed by atoms with E-state index in [1.165, 1.54) is 16.7 Å². The fourth-order valence-corrected chi connectivity index (χ4v) is 2.64. The van der Waals surface area contributed by atoms with Crippen LogP contribution >= 0.6 is 0 Å². The predicted octanol–water partition coefficient (Wildman–Crippen LogP) is 2.74. The molecular formula is C15H14O. The Balaban J connectivity index is 2.09. The molecule has 0 aliphatic heterocycles. The van der Waals surface area contributed by atoms with Crippen molar-refractivity contribution in [2.75, 3.05) is 0 Å². The minimum absolute atomic E-state index is 0.150. The zero-order chi connectivity index (χ0) is 11.0. The Morgan fingerprint density at radius 3 is 2.38 bits per heavy atom. The lowest BCUT2D eigenvalue weighted by Gasteiger charge is -2.16. The average Bonchev–Trinajstić information content (AvgIpc) is 2.66. The molecule has 1 heteroatoms. The molecule has 16 heavy (non-hydrogen) atoms. The van der Waals surface area contributed by atoms with Crippen LogP contribution in [-0.2, 0) is 6.42 Å². The Kier molecular flexibility index (Phi) is 2.26. The Hall–Kier alpha value is -1.60. The van der Waals surface area contributed by atoms with Gasteiger partial charge in [-0.05, 0) is 23.1 Å². The summed E-state index contributed by atoms with van der Waals surface area (Å²) < 4.78 is 0. The number of aliphatic hydroxyl groups is 1. The maximum absolute atomic E-state index is 10.2. The van der Waals surface area contributed by atoms with Crippen LogP contribution in [0.2, 0.25) is 0 Å². The Morgan fingerprint density at radius 2 is 1.56 bits per heavy atom. The summed E-state index contributed by atoms with van der Waals surface area (Å²) in [6, 6.07) is 18.6. The van der Waals surface area contributed by atoms with E-state index < -0.39 is 0 Å². The van der Waals surface area contributed by atoms with E-state index in [1.807, 2.05) is 30.3 Å². The Morgan fingerprint density at radius 1 is 0.875 bits per heavy atom. The van der Waals surface area contributed by atoms with Crippen molar-refractivity contribution in [3.05, 3.63) is 71.3 Å². The molecule has 0 amide bonds. The fraction of sp³-hybridized carbons (Fsp3) is 0.200. The van der Waals surface area contributed by atoms with E-state index in [0.29, 0.717) is 0 Å². The third-order valence-corrected chi connectivity index (χ3v) is 3.36. The van der Waals surface area contributed by atoms with Gasteiger partial charge in [-0.25, -0.2) is 0 Å². The molecule has 1 aliphatic carbocycles. The van der Waals surface area contributed by atoms with Gasteiger partial charge >= 0.3 is 0 Å². The summed E-state index contributed by atoms with van der Waals surface area (Å²) in [6.07, 6.45) is 0.496. The van der Waals surface area contributed by atoms with Crippen LogP contribution < -0.4 is 0 Å². The summed E-state index contributed by atoms with van der Waals surface area (Å²) in [6.45, 7) is 0. The Labute approximate surface area is 95.4 Å². The van der Waals surface area contributed by atoms with E-state index in [2.05, 4.69) is 24.3 Å². The molecule has 0 aromatic heterocycles. The largest absolute Gasteiger partial charge is 0.392 e. The molecule has 2 aromatic rings. The molecule has 80 valence electrons. The highest BCUT2D eigenvalue weighted by molar-refractivity contribution is 5.43. The van der Waals surface area contributed by atoms with Crippen molar-refractivity contribution in [3.8, 4) is 0 Å². The second-order valence-corrected chi connectivity index (χ2v) is 4.36. The molecule has 1 aliphatic rings. The fourth-order valence-electron chi connectivity index (χ4n) is 2.64. The van der Waals surface area contributed by atoms with Gasteiger partial charge in [-0.3, -0.25) is 0 Å². The van der Waals surface area contributed by atoms with Crippen molar-refractivity contribution < 1.29 is 5.11 Å². The van der Waals surface area contributed by atoms with Gasteiger partial charge in [0, 0.05) is 5.92 Å². The van der Waals surface area contributed by atoms with E-state index in [9.17, 15) is 5.11 Å². The first-order valence-electron chi connectivity index (χ1n) is 5.67. The molecule has 0 saturated heterocycles. The lowest BCUT2D eigenvalue weighted by Crippen LogP contribution is -2.14. The van der Waals surface area contributed by atoms with E-state index >= 15 is 0 Å². The van der Waals surface area contributed by atoms with Gasteiger partial charge in [-0.1, -0.05) is 54.6 Å². The first-order chi connectivity index (χ1) is 7.86. The number of rotatable bonds is 1. The lowest BCUT2D eigenvalue weighted by atomic mass is 9.92. The minimum atomic E-state index is -0.278. The first kappa shape index (κ1) is 9.61. The van der Waals surface area contributed by atoms with E-state index in [4.69, 9.17) is 0 Å². The van der Waals surface area contributed by atoms with E-state index in [1.54, 1.807) is 0 Å². The molecule has 0 unspecified atom stereocenters. The van der Waals surface area contributed by atoms with Crippen molar-refractivity contribution in [2.24, 2.45) is 0 Å². The zero-order valence-corrected chi connectivity index (χ0v) is 9.01. The van der Waals surface area contributed by atoms with Crippen LogP contribution in [0.25, 0.3) is 0 Å². The van der Waals surface area contributed by atoms with Crippen LogP contribution in [0.5, 0.6) is 0 Å². The summed E-state index contributed by atoms with van der Waals surface area (Å²) in [5.41, 5.74) is 3.77. The highest BCUT2D eigenvalue weighted by Gasteiger charge is 2.31. The number of hydrogen-bond donors (Lipinski definition) is 1. The van der Waals surface area contributed by atoms with Gasteiger partial charge in [0.2, 0.25) is 0 Å². The van der Waals surface area contributed by atoms with Crippen molar-refractivity contribution in [2.45, 2.75) is 18.4 Å². The summed E-state index contributed by atoms with van der Waals surface area (Å²) >= 11 is 0. The monoisotopic (exact) mass is 210 g/mol. The molecule has 0 fully saturated rings. The average molecular weight is 210 g/mol. The quantitative estimate of drug-likeness (QED) is 0.767. The number of hydrogen-bond acceptors (Lipinski definition) is 1. The van der Waals surface area contributed by atoms with Crippen LogP contribution in [0.1, 0.15) is 22.6 Å². The lowest BCUT2D eigenvalue weighted by molar-refractivity contribution is 0.169. The van der Waals surface area contributed by atoms with Crippen LogP contribution in [0, 0.1) is 0 Å². The van der Waals surface area contributed by atoms with Gasteiger partial charge in [-0.2, -0.15) is 0 Å². The van der Waals surface area contributed by atoms with Gasteiger partial charge in [-0.15, -0.1) is 0 Å². The number of benzene rings is 2. The molecule has 0 radical (unpaired) electrons. The SMILES string of the molecule is O[C@H]1Cc2ccccc2[C@H]1c1ccccc1. The summed E-state index contributed by atoms with van der Waals surface area (Å²) in [5, 5.41) is 10.2.